The molecule has 0 aromatic carbocycles. The normalized spacial score (nSPS) is 16.4. The Labute approximate surface area is 135 Å². The van der Waals surface area contributed by atoms with E-state index >= 15 is 0 Å². The molecule has 0 radical (unpaired) electrons. The van der Waals surface area contributed by atoms with Crippen LogP contribution in [0.2, 0.25) is 0 Å². The zero-order chi connectivity index (χ0) is 16.5. The Morgan fingerprint density at radius 1 is 1.23 bits per heavy atom. The number of rotatable bonds is 8. The summed E-state index contributed by atoms with van der Waals surface area (Å²) in [6.07, 6.45) is 5.30. The quantitative estimate of drug-likeness (QED) is 0.698. The number of carbonyl (C=O) groups is 2. The van der Waals surface area contributed by atoms with Gasteiger partial charge in [0.1, 0.15) is 0 Å². The first-order valence-electron chi connectivity index (χ1n) is 8.73. The summed E-state index contributed by atoms with van der Waals surface area (Å²) in [5, 5.41) is 3.14. The van der Waals surface area contributed by atoms with E-state index < -0.39 is 0 Å². The van der Waals surface area contributed by atoms with Crippen LogP contribution in [0.25, 0.3) is 0 Å². The average Bonchev–Trinajstić information content (AvgIpc) is 2.46. The fourth-order valence-electron chi connectivity index (χ4n) is 2.88. The minimum atomic E-state index is 0.117. The number of unbranched alkanes of at least 4 members (excludes halogenated alkanes) is 2. The first kappa shape index (κ1) is 18.9. The number of nitrogens with one attached hydrogen (secondary N) is 1. The first-order valence-corrected chi connectivity index (χ1v) is 8.73. The highest BCUT2D eigenvalue weighted by Gasteiger charge is 2.23. The van der Waals surface area contributed by atoms with Crippen molar-refractivity contribution in [2.75, 3.05) is 26.2 Å². The summed E-state index contributed by atoms with van der Waals surface area (Å²) >= 11 is 0. The molecular formula is C17H33N3O2. The number of amides is 2. The minimum absolute atomic E-state index is 0.117. The van der Waals surface area contributed by atoms with Crippen LogP contribution >= 0.6 is 0 Å². The molecule has 2 amide bonds. The van der Waals surface area contributed by atoms with E-state index in [1.54, 1.807) is 6.92 Å². The van der Waals surface area contributed by atoms with Gasteiger partial charge in [0.05, 0.1) is 6.54 Å². The van der Waals surface area contributed by atoms with Crippen molar-refractivity contribution in [2.45, 2.75) is 71.9 Å². The van der Waals surface area contributed by atoms with E-state index in [0.29, 0.717) is 12.6 Å². The molecule has 0 atom stereocenters. The summed E-state index contributed by atoms with van der Waals surface area (Å²) < 4.78 is 0. The molecule has 1 saturated heterocycles. The third-order valence-corrected chi connectivity index (χ3v) is 4.43. The van der Waals surface area contributed by atoms with Crippen LogP contribution < -0.4 is 5.32 Å². The fourth-order valence-corrected chi connectivity index (χ4v) is 2.88. The van der Waals surface area contributed by atoms with Gasteiger partial charge < -0.3 is 10.2 Å². The van der Waals surface area contributed by atoms with Crippen LogP contribution in [-0.2, 0) is 9.59 Å². The van der Waals surface area contributed by atoms with Crippen LogP contribution in [0.1, 0.15) is 59.8 Å². The van der Waals surface area contributed by atoms with E-state index in [-0.39, 0.29) is 17.9 Å². The summed E-state index contributed by atoms with van der Waals surface area (Å²) in [5.74, 6) is 0.248. The van der Waals surface area contributed by atoms with Crippen LogP contribution in [0.15, 0.2) is 0 Å². The lowest BCUT2D eigenvalue weighted by atomic mass is 10.0. The van der Waals surface area contributed by atoms with E-state index in [0.717, 1.165) is 38.9 Å². The predicted molar refractivity (Wildman–Crippen MR) is 89.7 cm³/mol. The van der Waals surface area contributed by atoms with Crippen molar-refractivity contribution in [1.29, 1.82) is 0 Å². The number of hydrogen-bond donors (Lipinski definition) is 1. The molecule has 0 unspecified atom stereocenters. The van der Waals surface area contributed by atoms with Gasteiger partial charge in [-0.05, 0) is 39.7 Å². The number of hydrogen-bond acceptors (Lipinski definition) is 3. The molecule has 1 N–H and O–H groups in total. The van der Waals surface area contributed by atoms with Crippen LogP contribution in [-0.4, -0.2) is 59.9 Å². The van der Waals surface area contributed by atoms with Crippen molar-refractivity contribution in [3.05, 3.63) is 0 Å². The van der Waals surface area contributed by atoms with E-state index in [1.165, 1.54) is 12.8 Å². The molecule has 1 aliphatic rings. The second kappa shape index (κ2) is 9.82. The summed E-state index contributed by atoms with van der Waals surface area (Å²) in [4.78, 5) is 27.6. The molecule has 0 saturated carbocycles. The van der Waals surface area contributed by atoms with Gasteiger partial charge in [0.15, 0.2) is 0 Å². The highest BCUT2D eigenvalue weighted by Crippen LogP contribution is 2.10. The highest BCUT2D eigenvalue weighted by molar-refractivity contribution is 5.78. The smallest absolute Gasteiger partial charge is 0.234 e. The van der Waals surface area contributed by atoms with Gasteiger partial charge in [0, 0.05) is 32.1 Å². The number of piperidine rings is 1. The molecule has 1 heterocycles. The third kappa shape index (κ3) is 6.77. The van der Waals surface area contributed by atoms with Gasteiger partial charge in [-0.25, -0.2) is 0 Å². The molecule has 0 bridgehead atoms. The molecule has 5 nitrogen and oxygen atoms in total. The second-order valence-corrected chi connectivity index (χ2v) is 6.62. The SMILES string of the molecule is CCCCCN(CC(=O)NC1CCN(C(C)=O)CC1)C(C)C. The van der Waals surface area contributed by atoms with Crippen molar-refractivity contribution in [3.8, 4) is 0 Å². The summed E-state index contributed by atoms with van der Waals surface area (Å²) in [5.41, 5.74) is 0. The van der Waals surface area contributed by atoms with Gasteiger partial charge in [0.25, 0.3) is 0 Å². The lowest BCUT2D eigenvalue weighted by Crippen LogP contribution is -2.49. The van der Waals surface area contributed by atoms with E-state index in [2.05, 4.69) is 31.0 Å². The molecule has 5 heteroatoms. The van der Waals surface area contributed by atoms with Crippen LogP contribution in [0.4, 0.5) is 0 Å². The van der Waals surface area contributed by atoms with Crippen molar-refractivity contribution in [2.24, 2.45) is 0 Å². The molecule has 0 aliphatic carbocycles. The standard InChI is InChI=1S/C17H33N3O2/c1-5-6-7-10-20(14(2)3)13-17(22)18-16-8-11-19(12-9-16)15(4)21/h14,16H,5-13H2,1-4H3,(H,18,22). The van der Waals surface area contributed by atoms with Gasteiger partial charge >= 0.3 is 0 Å². The van der Waals surface area contributed by atoms with Gasteiger partial charge in [0.2, 0.25) is 11.8 Å². The number of nitrogens with zero attached hydrogens (tertiary/aromatic N) is 2. The third-order valence-electron chi connectivity index (χ3n) is 4.43. The Balaban J connectivity index is 2.33. The summed E-state index contributed by atoms with van der Waals surface area (Å²) in [6, 6.07) is 0.606. The Morgan fingerprint density at radius 3 is 2.36 bits per heavy atom. The average molecular weight is 311 g/mol. The largest absolute Gasteiger partial charge is 0.352 e. The van der Waals surface area contributed by atoms with E-state index in [4.69, 9.17) is 0 Å². The number of likely N-dealkylation sites (tertiary alicyclic amines) is 1. The Morgan fingerprint density at radius 2 is 1.86 bits per heavy atom. The first-order chi connectivity index (χ1) is 10.4. The Kier molecular flexibility index (Phi) is 8.46. The molecule has 22 heavy (non-hydrogen) atoms. The van der Waals surface area contributed by atoms with E-state index in [1.807, 2.05) is 4.90 Å². The van der Waals surface area contributed by atoms with Gasteiger partial charge in [-0.15, -0.1) is 0 Å². The number of carbonyl (C=O) groups excluding carboxylic acids is 2. The molecule has 1 rings (SSSR count). The van der Waals surface area contributed by atoms with Crippen LogP contribution in [0.3, 0.4) is 0 Å². The Bertz CT molecular complexity index is 350. The van der Waals surface area contributed by atoms with Gasteiger partial charge in [-0.3, -0.25) is 14.5 Å². The Hall–Kier alpha value is -1.10. The van der Waals surface area contributed by atoms with Crippen LogP contribution in [0, 0.1) is 0 Å². The zero-order valence-electron chi connectivity index (χ0n) is 14.7. The highest BCUT2D eigenvalue weighted by atomic mass is 16.2. The lowest BCUT2D eigenvalue weighted by Gasteiger charge is -2.32. The molecule has 0 aromatic heterocycles. The second-order valence-electron chi connectivity index (χ2n) is 6.62. The lowest BCUT2D eigenvalue weighted by molar-refractivity contribution is -0.130. The van der Waals surface area contributed by atoms with Crippen molar-refractivity contribution < 1.29 is 9.59 Å². The maximum atomic E-state index is 12.2. The van der Waals surface area contributed by atoms with Gasteiger partial charge in [-0.2, -0.15) is 0 Å². The predicted octanol–water partition coefficient (Wildman–Crippen LogP) is 2.01. The monoisotopic (exact) mass is 311 g/mol. The van der Waals surface area contributed by atoms with Crippen molar-refractivity contribution in [3.63, 3.8) is 0 Å². The maximum Gasteiger partial charge on any atom is 0.234 e. The van der Waals surface area contributed by atoms with Crippen molar-refractivity contribution in [1.82, 2.24) is 15.1 Å². The van der Waals surface area contributed by atoms with E-state index in [9.17, 15) is 9.59 Å². The molecule has 0 spiro atoms. The molecule has 0 aromatic rings. The molecule has 1 aliphatic heterocycles. The topological polar surface area (TPSA) is 52.7 Å². The molecule has 1 fully saturated rings. The fraction of sp³-hybridized carbons (Fsp3) is 0.882. The molecular weight excluding hydrogens is 278 g/mol. The summed E-state index contributed by atoms with van der Waals surface area (Å²) in [6.45, 7) is 11.1. The molecule has 128 valence electrons. The minimum Gasteiger partial charge on any atom is -0.352 e. The zero-order valence-corrected chi connectivity index (χ0v) is 14.7. The van der Waals surface area contributed by atoms with Crippen LogP contribution in [0.5, 0.6) is 0 Å². The van der Waals surface area contributed by atoms with Crippen molar-refractivity contribution >= 4 is 11.8 Å². The maximum absolute atomic E-state index is 12.2. The van der Waals surface area contributed by atoms with Gasteiger partial charge in [-0.1, -0.05) is 19.8 Å². The summed E-state index contributed by atoms with van der Waals surface area (Å²) in [7, 11) is 0.